The van der Waals surface area contributed by atoms with Crippen molar-refractivity contribution in [3.8, 4) is 5.75 Å². The van der Waals surface area contributed by atoms with E-state index in [1.54, 1.807) is 7.11 Å². The molecule has 2 rings (SSSR count). The minimum atomic E-state index is 0.165. The molecule has 0 bridgehead atoms. The number of nitrogens with zero attached hydrogens (tertiary/aromatic N) is 1. The maximum absolute atomic E-state index is 12.2. The Labute approximate surface area is 114 Å². The Kier molecular flexibility index (Phi) is 4.66. The molecule has 1 saturated heterocycles. The zero-order valence-electron chi connectivity index (χ0n) is 11.7. The van der Waals surface area contributed by atoms with E-state index in [1.165, 1.54) is 6.42 Å². The lowest BCUT2D eigenvalue weighted by molar-refractivity contribution is -0.132. The molecule has 1 atom stereocenters. The monoisotopic (exact) mass is 262 g/mol. The second-order valence-electron chi connectivity index (χ2n) is 4.99. The topological polar surface area (TPSA) is 41.6 Å². The molecular formula is C15H22N2O2. The predicted molar refractivity (Wildman–Crippen MR) is 76.5 cm³/mol. The fraction of sp³-hybridized carbons (Fsp3) is 0.533. The zero-order valence-corrected chi connectivity index (χ0v) is 11.7. The average molecular weight is 262 g/mol. The molecule has 1 aliphatic heterocycles. The summed E-state index contributed by atoms with van der Waals surface area (Å²) in [7, 11) is 1.63. The number of benzene rings is 1. The van der Waals surface area contributed by atoms with Gasteiger partial charge >= 0.3 is 0 Å². The van der Waals surface area contributed by atoms with Gasteiger partial charge in [-0.25, -0.2) is 0 Å². The first-order valence-corrected chi connectivity index (χ1v) is 6.88. The van der Waals surface area contributed by atoms with Crippen LogP contribution in [0.1, 0.15) is 26.2 Å². The summed E-state index contributed by atoms with van der Waals surface area (Å²) in [5.74, 6) is 0.931. The predicted octanol–water partition coefficient (Wildman–Crippen LogP) is 2.51. The fourth-order valence-corrected chi connectivity index (χ4v) is 2.53. The van der Waals surface area contributed by atoms with Gasteiger partial charge in [-0.1, -0.05) is 12.1 Å². The lowest BCUT2D eigenvalue weighted by Gasteiger charge is -2.33. The maximum atomic E-state index is 12.2. The molecule has 1 unspecified atom stereocenters. The van der Waals surface area contributed by atoms with Crippen LogP contribution in [0, 0.1) is 0 Å². The Balaban J connectivity index is 1.92. The van der Waals surface area contributed by atoms with E-state index in [1.807, 2.05) is 29.2 Å². The van der Waals surface area contributed by atoms with Crippen LogP contribution in [0.4, 0.5) is 5.69 Å². The number of carbonyl (C=O) groups excluding carboxylic acids is 1. The summed E-state index contributed by atoms with van der Waals surface area (Å²) in [5, 5.41) is 3.17. The molecule has 4 nitrogen and oxygen atoms in total. The molecule has 1 aromatic carbocycles. The number of ether oxygens (including phenoxy) is 1. The normalized spacial score (nSPS) is 19.1. The van der Waals surface area contributed by atoms with Crippen molar-refractivity contribution >= 4 is 11.6 Å². The zero-order chi connectivity index (χ0) is 13.7. The minimum absolute atomic E-state index is 0.165. The van der Waals surface area contributed by atoms with Crippen molar-refractivity contribution in [2.75, 3.05) is 25.5 Å². The van der Waals surface area contributed by atoms with Crippen molar-refractivity contribution in [1.29, 1.82) is 0 Å². The molecule has 1 aromatic rings. The third-order valence-electron chi connectivity index (χ3n) is 3.66. The number of piperidine rings is 1. The molecule has 104 valence electrons. The highest BCUT2D eigenvalue weighted by Gasteiger charge is 2.22. The van der Waals surface area contributed by atoms with Gasteiger partial charge in [-0.3, -0.25) is 4.79 Å². The fourth-order valence-electron chi connectivity index (χ4n) is 2.53. The number of amides is 1. The van der Waals surface area contributed by atoms with Gasteiger partial charge in [0, 0.05) is 12.6 Å². The summed E-state index contributed by atoms with van der Waals surface area (Å²) < 4.78 is 5.26. The second-order valence-corrected chi connectivity index (χ2v) is 4.99. The summed E-state index contributed by atoms with van der Waals surface area (Å²) in [6.45, 7) is 3.33. The minimum Gasteiger partial charge on any atom is -0.495 e. The van der Waals surface area contributed by atoms with Gasteiger partial charge in [0.2, 0.25) is 5.91 Å². The highest BCUT2D eigenvalue weighted by atomic mass is 16.5. The van der Waals surface area contributed by atoms with Gasteiger partial charge in [0.25, 0.3) is 0 Å². The van der Waals surface area contributed by atoms with E-state index in [-0.39, 0.29) is 5.91 Å². The van der Waals surface area contributed by atoms with Gasteiger partial charge in [-0.2, -0.15) is 0 Å². The summed E-state index contributed by atoms with van der Waals surface area (Å²) in [4.78, 5) is 14.2. The molecular weight excluding hydrogens is 240 g/mol. The van der Waals surface area contributed by atoms with Crippen LogP contribution in [0.25, 0.3) is 0 Å². The van der Waals surface area contributed by atoms with Crippen LogP contribution in [0.15, 0.2) is 24.3 Å². The van der Waals surface area contributed by atoms with Crippen LogP contribution in [0.2, 0.25) is 0 Å². The van der Waals surface area contributed by atoms with E-state index in [0.29, 0.717) is 12.6 Å². The van der Waals surface area contributed by atoms with E-state index >= 15 is 0 Å². The van der Waals surface area contributed by atoms with E-state index in [0.717, 1.165) is 30.8 Å². The molecule has 19 heavy (non-hydrogen) atoms. The largest absolute Gasteiger partial charge is 0.495 e. The highest BCUT2D eigenvalue weighted by Crippen LogP contribution is 2.23. The Morgan fingerprint density at radius 3 is 2.95 bits per heavy atom. The number of methoxy groups -OCH3 is 1. The number of rotatable bonds is 4. The average Bonchev–Trinajstić information content (AvgIpc) is 2.45. The van der Waals surface area contributed by atoms with E-state index in [4.69, 9.17) is 4.74 Å². The first-order valence-electron chi connectivity index (χ1n) is 6.88. The molecule has 1 amide bonds. The van der Waals surface area contributed by atoms with Crippen LogP contribution in [0.3, 0.4) is 0 Å². The molecule has 0 spiro atoms. The molecule has 1 heterocycles. The number of hydrogen-bond acceptors (Lipinski definition) is 3. The first kappa shape index (κ1) is 13.7. The number of anilines is 1. The lowest BCUT2D eigenvalue weighted by Crippen LogP contribution is -2.44. The molecule has 0 aliphatic carbocycles. The standard InChI is InChI=1S/C15H22N2O2/c1-12-7-5-6-10-17(12)15(18)11-16-13-8-3-4-9-14(13)19-2/h3-4,8-9,12,16H,5-7,10-11H2,1-2H3. The van der Waals surface area contributed by atoms with Gasteiger partial charge in [-0.05, 0) is 38.3 Å². The Morgan fingerprint density at radius 2 is 2.21 bits per heavy atom. The Bertz CT molecular complexity index is 434. The summed E-state index contributed by atoms with van der Waals surface area (Å²) in [6, 6.07) is 8.01. The third-order valence-corrected chi connectivity index (χ3v) is 3.66. The van der Waals surface area contributed by atoms with E-state index < -0.39 is 0 Å². The van der Waals surface area contributed by atoms with Crippen LogP contribution in [-0.2, 0) is 4.79 Å². The molecule has 0 radical (unpaired) electrons. The van der Waals surface area contributed by atoms with Gasteiger partial charge in [0.05, 0.1) is 19.3 Å². The van der Waals surface area contributed by atoms with Gasteiger partial charge in [0.1, 0.15) is 5.75 Å². The summed E-state index contributed by atoms with van der Waals surface area (Å²) in [6.07, 6.45) is 3.45. The summed E-state index contributed by atoms with van der Waals surface area (Å²) in [5.41, 5.74) is 0.864. The van der Waals surface area contributed by atoms with Crippen LogP contribution in [0.5, 0.6) is 5.75 Å². The SMILES string of the molecule is COc1ccccc1NCC(=O)N1CCCCC1C. The summed E-state index contributed by atoms with van der Waals surface area (Å²) >= 11 is 0. The van der Waals surface area contributed by atoms with Crippen molar-refractivity contribution < 1.29 is 9.53 Å². The molecule has 1 fully saturated rings. The third kappa shape index (κ3) is 3.40. The number of likely N-dealkylation sites (tertiary alicyclic amines) is 1. The van der Waals surface area contributed by atoms with E-state index in [9.17, 15) is 4.79 Å². The second kappa shape index (κ2) is 6.45. The van der Waals surface area contributed by atoms with Gasteiger partial charge < -0.3 is 15.0 Å². The number of para-hydroxylation sites is 2. The smallest absolute Gasteiger partial charge is 0.242 e. The van der Waals surface area contributed by atoms with Crippen molar-refractivity contribution in [3.05, 3.63) is 24.3 Å². The first-order chi connectivity index (χ1) is 9.22. The number of hydrogen-bond donors (Lipinski definition) is 1. The van der Waals surface area contributed by atoms with Crippen molar-refractivity contribution in [2.24, 2.45) is 0 Å². The van der Waals surface area contributed by atoms with Crippen LogP contribution in [-0.4, -0.2) is 37.0 Å². The lowest BCUT2D eigenvalue weighted by atomic mass is 10.0. The quantitative estimate of drug-likeness (QED) is 0.906. The molecule has 4 heteroatoms. The van der Waals surface area contributed by atoms with Gasteiger partial charge in [0.15, 0.2) is 0 Å². The van der Waals surface area contributed by atoms with Crippen molar-refractivity contribution in [2.45, 2.75) is 32.2 Å². The molecule has 1 aliphatic rings. The number of nitrogens with one attached hydrogen (secondary N) is 1. The van der Waals surface area contributed by atoms with Crippen molar-refractivity contribution in [3.63, 3.8) is 0 Å². The Morgan fingerprint density at radius 1 is 1.42 bits per heavy atom. The van der Waals surface area contributed by atoms with Crippen LogP contribution >= 0.6 is 0 Å². The van der Waals surface area contributed by atoms with Crippen molar-refractivity contribution in [1.82, 2.24) is 4.90 Å². The molecule has 0 aromatic heterocycles. The molecule has 0 saturated carbocycles. The van der Waals surface area contributed by atoms with Gasteiger partial charge in [-0.15, -0.1) is 0 Å². The van der Waals surface area contributed by atoms with Crippen LogP contribution < -0.4 is 10.1 Å². The Hall–Kier alpha value is -1.71. The number of carbonyl (C=O) groups is 1. The van der Waals surface area contributed by atoms with E-state index in [2.05, 4.69) is 12.2 Å². The maximum Gasteiger partial charge on any atom is 0.242 e. The molecule has 1 N–H and O–H groups in total. The highest BCUT2D eigenvalue weighted by molar-refractivity contribution is 5.81.